The summed E-state index contributed by atoms with van der Waals surface area (Å²) in [5, 5.41) is 10.7. The molecule has 1 fully saturated rings. The van der Waals surface area contributed by atoms with E-state index in [1.165, 1.54) is 12.3 Å². The van der Waals surface area contributed by atoms with E-state index in [1.54, 1.807) is 0 Å². The van der Waals surface area contributed by atoms with Crippen LogP contribution < -0.4 is 10.6 Å². The summed E-state index contributed by atoms with van der Waals surface area (Å²) in [5.41, 5.74) is 5.92. The van der Waals surface area contributed by atoms with Crippen LogP contribution in [0.15, 0.2) is 16.7 Å². The van der Waals surface area contributed by atoms with Crippen molar-refractivity contribution >= 4 is 27.4 Å². The van der Waals surface area contributed by atoms with Gasteiger partial charge in [-0.2, -0.15) is 0 Å². The Kier molecular flexibility index (Phi) is 4.36. The molecule has 0 amide bonds. The van der Waals surface area contributed by atoms with E-state index in [2.05, 4.69) is 25.8 Å². The predicted molar refractivity (Wildman–Crippen MR) is 77.2 cm³/mol. The van der Waals surface area contributed by atoms with E-state index >= 15 is 0 Å². The van der Waals surface area contributed by atoms with Crippen molar-refractivity contribution in [1.82, 2.24) is 4.98 Å². The highest BCUT2D eigenvalue weighted by Gasteiger charge is 2.24. The molecular weight excluding hydrogens is 312 g/mol. The van der Waals surface area contributed by atoms with Gasteiger partial charge < -0.3 is 10.6 Å². The first-order valence-corrected chi connectivity index (χ1v) is 7.09. The first kappa shape index (κ1) is 14.2. The number of anilines is 1. The summed E-state index contributed by atoms with van der Waals surface area (Å²) in [6, 6.07) is 1.72. The lowest BCUT2D eigenvalue weighted by Gasteiger charge is -2.34. The molecule has 104 valence electrons. The molecule has 2 rings (SSSR count). The van der Waals surface area contributed by atoms with E-state index in [9.17, 15) is 10.1 Å². The zero-order chi connectivity index (χ0) is 14.0. The van der Waals surface area contributed by atoms with Crippen LogP contribution in [0, 0.1) is 16.0 Å². The predicted octanol–water partition coefficient (Wildman–Crippen LogP) is 2.32. The van der Waals surface area contributed by atoms with Crippen molar-refractivity contribution in [3.05, 3.63) is 26.9 Å². The van der Waals surface area contributed by atoms with Crippen molar-refractivity contribution in [3.63, 3.8) is 0 Å². The Balaban J connectivity index is 2.09. The van der Waals surface area contributed by atoms with Gasteiger partial charge in [-0.05, 0) is 41.6 Å². The molecule has 1 aromatic heterocycles. The molecule has 0 spiro atoms. The van der Waals surface area contributed by atoms with Crippen molar-refractivity contribution in [2.75, 3.05) is 18.0 Å². The van der Waals surface area contributed by atoms with Gasteiger partial charge in [-0.1, -0.05) is 0 Å². The molecule has 2 heterocycles. The van der Waals surface area contributed by atoms with Crippen LogP contribution in [0.3, 0.4) is 0 Å². The molecule has 2 N–H and O–H groups in total. The molecule has 1 saturated heterocycles. The van der Waals surface area contributed by atoms with Crippen LogP contribution in [0.1, 0.15) is 19.8 Å². The first-order chi connectivity index (χ1) is 8.99. The SMILES string of the molecule is CC(N)C1CCN(c2ncc([N+](=O)[O-])cc2Br)CC1. The Morgan fingerprint density at radius 1 is 1.58 bits per heavy atom. The number of nitrogens with two attached hydrogens (primary N) is 1. The lowest BCUT2D eigenvalue weighted by atomic mass is 9.91. The lowest BCUT2D eigenvalue weighted by molar-refractivity contribution is -0.385. The maximum Gasteiger partial charge on any atom is 0.288 e. The number of nitrogens with zero attached hydrogens (tertiary/aromatic N) is 3. The van der Waals surface area contributed by atoms with Gasteiger partial charge in [0.2, 0.25) is 0 Å². The van der Waals surface area contributed by atoms with Crippen LogP contribution in [-0.4, -0.2) is 29.0 Å². The van der Waals surface area contributed by atoms with Gasteiger partial charge in [-0.3, -0.25) is 10.1 Å². The Morgan fingerprint density at radius 3 is 2.68 bits per heavy atom. The van der Waals surface area contributed by atoms with E-state index in [1.807, 2.05) is 6.92 Å². The minimum absolute atomic E-state index is 0.00101. The van der Waals surface area contributed by atoms with Gasteiger partial charge in [0, 0.05) is 25.2 Å². The highest BCUT2D eigenvalue weighted by molar-refractivity contribution is 9.10. The molecule has 0 radical (unpaired) electrons. The second kappa shape index (κ2) is 5.83. The van der Waals surface area contributed by atoms with E-state index in [4.69, 9.17) is 5.73 Å². The number of piperidine rings is 1. The second-order valence-electron chi connectivity index (χ2n) is 4.94. The summed E-state index contributed by atoms with van der Waals surface area (Å²) in [7, 11) is 0. The topological polar surface area (TPSA) is 85.3 Å². The molecule has 1 aliphatic heterocycles. The molecule has 1 unspecified atom stereocenters. The molecule has 6 nitrogen and oxygen atoms in total. The van der Waals surface area contributed by atoms with Crippen LogP contribution in [0.2, 0.25) is 0 Å². The zero-order valence-electron chi connectivity index (χ0n) is 10.8. The number of rotatable bonds is 3. The number of hydrogen-bond acceptors (Lipinski definition) is 5. The third-order valence-corrected chi connectivity index (χ3v) is 4.18. The summed E-state index contributed by atoms with van der Waals surface area (Å²) >= 11 is 3.36. The van der Waals surface area contributed by atoms with Crippen LogP contribution in [0.5, 0.6) is 0 Å². The van der Waals surface area contributed by atoms with Crippen LogP contribution in [0.4, 0.5) is 11.5 Å². The summed E-state index contributed by atoms with van der Waals surface area (Å²) < 4.78 is 0.668. The van der Waals surface area contributed by atoms with Gasteiger partial charge in [0.05, 0.1) is 9.40 Å². The number of hydrogen-bond donors (Lipinski definition) is 1. The van der Waals surface area contributed by atoms with E-state index in [0.29, 0.717) is 10.4 Å². The maximum absolute atomic E-state index is 10.7. The van der Waals surface area contributed by atoms with Crippen molar-refractivity contribution < 1.29 is 4.92 Å². The molecule has 1 aliphatic rings. The smallest absolute Gasteiger partial charge is 0.288 e. The van der Waals surface area contributed by atoms with E-state index in [0.717, 1.165) is 31.7 Å². The third kappa shape index (κ3) is 3.22. The van der Waals surface area contributed by atoms with Crippen molar-refractivity contribution in [2.24, 2.45) is 11.7 Å². The van der Waals surface area contributed by atoms with Gasteiger partial charge in [-0.15, -0.1) is 0 Å². The monoisotopic (exact) mass is 328 g/mol. The van der Waals surface area contributed by atoms with Gasteiger partial charge in [0.15, 0.2) is 0 Å². The molecule has 1 aromatic rings. The summed E-state index contributed by atoms with van der Waals surface area (Å²) in [6.45, 7) is 3.81. The van der Waals surface area contributed by atoms with Crippen LogP contribution >= 0.6 is 15.9 Å². The van der Waals surface area contributed by atoms with Crippen LogP contribution in [-0.2, 0) is 0 Å². The van der Waals surface area contributed by atoms with Gasteiger partial charge in [-0.25, -0.2) is 4.98 Å². The Hall–Kier alpha value is -1.21. The van der Waals surface area contributed by atoms with Crippen molar-refractivity contribution in [2.45, 2.75) is 25.8 Å². The normalized spacial score (nSPS) is 18.4. The molecule has 19 heavy (non-hydrogen) atoms. The standard InChI is InChI=1S/C12H17BrN4O2/c1-8(14)9-2-4-16(5-3-9)12-11(13)6-10(7-15-12)17(18)19/h6-9H,2-5,14H2,1H3. The Morgan fingerprint density at radius 2 is 2.21 bits per heavy atom. The van der Waals surface area contributed by atoms with E-state index in [-0.39, 0.29) is 11.7 Å². The molecule has 7 heteroatoms. The zero-order valence-corrected chi connectivity index (χ0v) is 12.3. The number of halogens is 1. The first-order valence-electron chi connectivity index (χ1n) is 6.29. The summed E-state index contributed by atoms with van der Waals surface area (Å²) in [5.74, 6) is 1.32. The molecule has 0 bridgehead atoms. The second-order valence-corrected chi connectivity index (χ2v) is 5.79. The molecule has 0 aliphatic carbocycles. The quantitative estimate of drug-likeness (QED) is 0.679. The minimum Gasteiger partial charge on any atom is -0.356 e. The van der Waals surface area contributed by atoms with Gasteiger partial charge >= 0.3 is 0 Å². The highest BCUT2D eigenvalue weighted by Crippen LogP contribution is 2.30. The van der Waals surface area contributed by atoms with Crippen LogP contribution in [0.25, 0.3) is 0 Å². The summed E-state index contributed by atoms with van der Waals surface area (Å²) in [6.07, 6.45) is 3.36. The average Bonchev–Trinajstić information content (AvgIpc) is 2.38. The fourth-order valence-electron chi connectivity index (χ4n) is 2.39. The lowest BCUT2D eigenvalue weighted by Crippen LogP contribution is -2.40. The third-order valence-electron chi connectivity index (χ3n) is 3.60. The maximum atomic E-state index is 10.7. The number of nitro groups is 1. The van der Waals surface area contributed by atoms with Gasteiger partial charge in [0.25, 0.3) is 5.69 Å². The molecular formula is C12H17BrN4O2. The van der Waals surface area contributed by atoms with Crippen molar-refractivity contribution in [1.29, 1.82) is 0 Å². The van der Waals surface area contributed by atoms with E-state index < -0.39 is 4.92 Å². The minimum atomic E-state index is -0.441. The number of aromatic nitrogens is 1. The fourth-order valence-corrected chi connectivity index (χ4v) is 2.98. The summed E-state index contributed by atoms with van der Waals surface area (Å²) in [4.78, 5) is 16.6. The highest BCUT2D eigenvalue weighted by atomic mass is 79.9. The number of pyridine rings is 1. The Bertz CT molecular complexity index is 473. The molecule has 1 atom stereocenters. The molecule has 0 aromatic carbocycles. The molecule has 0 saturated carbocycles. The fraction of sp³-hybridized carbons (Fsp3) is 0.583. The van der Waals surface area contributed by atoms with Gasteiger partial charge in [0.1, 0.15) is 12.0 Å². The largest absolute Gasteiger partial charge is 0.356 e. The Labute approximate surface area is 120 Å². The van der Waals surface area contributed by atoms with Crippen molar-refractivity contribution in [3.8, 4) is 0 Å². The average molecular weight is 329 g/mol.